The van der Waals surface area contributed by atoms with Crippen molar-refractivity contribution in [1.29, 1.82) is 0 Å². The summed E-state index contributed by atoms with van der Waals surface area (Å²) < 4.78 is 10.8. The minimum atomic E-state index is -0.428. The standard InChI is InChI=1S/C15H25ClN2O2/c1-11(12-6-8-13(16)9-7-12)18(3)15(2,10-17)14(19-4)20-5/h6-9,11,14H,10,17H2,1-5H3. The SMILES string of the molecule is COC(OC)C(C)(CN)N(C)C(C)c1ccc(Cl)cc1. The number of likely N-dealkylation sites (N-methyl/N-ethyl adjacent to an activating group) is 1. The number of hydrogen-bond acceptors (Lipinski definition) is 4. The minimum Gasteiger partial charge on any atom is -0.354 e. The fourth-order valence-corrected chi connectivity index (χ4v) is 2.54. The zero-order valence-corrected chi connectivity index (χ0v) is 13.6. The second kappa shape index (κ2) is 7.38. The first-order valence-electron chi connectivity index (χ1n) is 6.64. The number of benzene rings is 1. The van der Waals surface area contributed by atoms with E-state index < -0.39 is 11.8 Å². The summed E-state index contributed by atoms with van der Waals surface area (Å²) in [4.78, 5) is 2.17. The summed E-state index contributed by atoms with van der Waals surface area (Å²) in [6, 6.07) is 7.99. The number of nitrogens with zero attached hydrogens (tertiary/aromatic N) is 1. The van der Waals surface area contributed by atoms with E-state index in [-0.39, 0.29) is 6.04 Å². The van der Waals surface area contributed by atoms with Gasteiger partial charge in [-0.2, -0.15) is 0 Å². The number of rotatable bonds is 7. The lowest BCUT2D eigenvalue weighted by molar-refractivity contribution is -0.183. The molecule has 0 radical (unpaired) electrons. The van der Waals surface area contributed by atoms with Crippen LogP contribution in [-0.4, -0.2) is 44.5 Å². The van der Waals surface area contributed by atoms with Gasteiger partial charge in [0.15, 0.2) is 6.29 Å². The van der Waals surface area contributed by atoms with E-state index in [1.54, 1.807) is 14.2 Å². The number of hydrogen-bond donors (Lipinski definition) is 1. The summed E-state index contributed by atoms with van der Waals surface area (Å²) in [6.07, 6.45) is -0.396. The van der Waals surface area contributed by atoms with Crippen LogP contribution < -0.4 is 5.73 Å². The molecule has 5 heteroatoms. The maximum absolute atomic E-state index is 5.98. The molecule has 20 heavy (non-hydrogen) atoms. The van der Waals surface area contributed by atoms with Crippen LogP contribution in [0.5, 0.6) is 0 Å². The van der Waals surface area contributed by atoms with Crippen LogP contribution in [0.15, 0.2) is 24.3 Å². The van der Waals surface area contributed by atoms with Crippen molar-refractivity contribution in [2.75, 3.05) is 27.8 Å². The summed E-state index contributed by atoms with van der Waals surface area (Å²) in [7, 11) is 5.28. The van der Waals surface area contributed by atoms with Crippen LogP contribution in [0.4, 0.5) is 0 Å². The van der Waals surface area contributed by atoms with Crippen molar-refractivity contribution in [3.8, 4) is 0 Å². The lowest BCUT2D eigenvalue weighted by Gasteiger charge is -2.45. The highest BCUT2D eigenvalue weighted by molar-refractivity contribution is 6.30. The van der Waals surface area contributed by atoms with E-state index in [4.69, 9.17) is 26.8 Å². The number of halogens is 1. The fraction of sp³-hybridized carbons (Fsp3) is 0.600. The molecule has 1 rings (SSSR count). The summed E-state index contributed by atoms with van der Waals surface area (Å²) >= 11 is 5.93. The largest absolute Gasteiger partial charge is 0.354 e. The average molecular weight is 301 g/mol. The van der Waals surface area contributed by atoms with E-state index in [0.29, 0.717) is 6.54 Å². The first-order valence-corrected chi connectivity index (χ1v) is 7.02. The van der Waals surface area contributed by atoms with Crippen LogP contribution in [0.25, 0.3) is 0 Å². The van der Waals surface area contributed by atoms with Crippen molar-refractivity contribution in [2.45, 2.75) is 31.7 Å². The van der Waals surface area contributed by atoms with Gasteiger partial charge in [0, 0.05) is 31.8 Å². The molecule has 0 bridgehead atoms. The predicted octanol–water partition coefficient (Wildman–Crippen LogP) is 2.67. The Hall–Kier alpha value is -0.650. The molecule has 0 aliphatic carbocycles. The van der Waals surface area contributed by atoms with Crippen LogP contribution in [0.3, 0.4) is 0 Å². The number of ether oxygens (including phenoxy) is 2. The molecular weight excluding hydrogens is 276 g/mol. The van der Waals surface area contributed by atoms with Crippen molar-refractivity contribution in [3.05, 3.63) is 34.9 Å². The van der Waals surface area contributed by atoms with Crippen LogP contribution in [0.1, 0.15) is 25.5 Å². The Bertz CT molecular complexity index is 409. The molecule has 0 aliphatic heterocycles. The molecule has 2 unspecified atom stereocenters. The summed E-state index contributed by atoms with van der Waals surface area (Å²) in [5.41, 5.74) is 6.72. The molecule has 1 aromatic carbocycles. The maximum Gasteiger partial charge on any atom is 0.176 e. The molecule has 4 nitrogen and oxygen atoms in total. The summed E-state index contributed by atoms with van der Waals surface area (Å²) in [5.74, 6) is 0. The van der Waals surface area contributed by atoms with E-state index in [1.807, 2.05) is 38.2 Å². The third-order valence-electron chi connectivity index (χ3n) is 4.09. The van der Waals surface area contributed by atoms with E-state index in [2.05, 4.69) is 11.8 Å². The number of methoxy groups -OCH3 is 2. The Labute approximate surface area is 126 Å². The smallest absolute Gasteiger partial charge is 0.176 e. The second-order valence-electron chi connectivity index (χ2n) is 5.20. The maximum atomic E-state index is 5.98. The molecule has 2 N–H and O–H groups in total. The Morgan fingerprint density at radius 2 is 1.75 bits per heavy atom. The lowest BCUT2D eigenvalue weighted by atomic mass is 9.95. The van der Waals surface area contributed by atoms with Gasteiger partial charge in [-0.1, -0.05) is 23.7 Å². The van der Waals surface area contributed by atoms with Crippen molar-refractivity contribution in [1.82, 2.24) is 4.90 Å². The summed E-state index contributed by atoms with van der Waals surface area (Å²) in [6.45, 7) is 4.59. The predicted molar refractivity (Wildman–Crippen MR) is 82.9 cm³/mol. The molecule has 0 spiro atoms. The molecule has 2 atom stereocenters. The first-order chi connectivity index (χ1) is 9.40. The summed E-state index contributed by atoms with van der Waals surface area (Å²) in [5, 5.41) is 0.733. The van der Waals surface area contributed by atoms with Gasteiger partial charge in [0.2, 0.25) is 0 Å². The van der Waals surface area contributed by atoms with Crippen LogP contribution >= 0.6 is 11.6 Å². The van der Waals surface area contributed by atoms with Gasteiger partial charge in [-0.25, -0.2) is 0 Å². The van der Waals surface area contributed by atoms with Crippen molar-refractivity contribution in [3.63, 3.8) is 0 Å². The van der Waals surface area contributed by atoms with Crippen molar-refractivity contribution >= 4 is 11.6 Å². The molecule has 0 amide bonds. The third kappa shape index (κ3) is 3.51. The Morgan fingerprint density at radius 3 is 2.15 bits per heavy atom. The van der Waals surface area contributed by atoms with Crippen LogP contribution in [0, 0.1) is 0 Å². The highest BCUT2D eigenvalue weighted by Crippen LogP contribution is 2.30. The topological polar surface area (TPSA) is 47.7 Å². The van der Waals surface area contributed by atoms with Crippen molar-refractivity contribution in [2.24, 2.45) is 5.73 Å². The highest BCUT2D eigenvalue weighted by atomic mass is 35.5. The minimum absolute atomic E-state index is 0.161. The Kier molecular flexibility index (Phi) is 6.43. The third-order valence-corrected chi connectivity index (χ3v) is 4.34. The van der Waals surface area contributed by atoms with Gasteiger partial charge >= 0.3 is 0 Å². The second-order valence-corrected chi connectivity index (χ2v) is 5.64. The molecule has 0 heterocycles. The molecule has 0 aliphatic rings. The van der Waals surface area contributed by atoms with Gasteiger partial charge < -0.3 is 15.2 Å². The van der Waals surface area contributed by atoms with E-state index in [0.717, 1.165) is 5.02 Å². The van der Waals surface area contributed by atoms with Gasteiger partial charge in [-0.3, -0.25) is 4.90 Å². The van der Waals surface area contributed by atoms with Gasteiger partial charge in [-0.15, -0.1) is 0 Å². The zero-order valence-electron chi connectivity index (χ0n) is 12.9. The molecular formula is C15H25ClN2O2. The quantitative estimate of drug-likeness (QED) is 0.787. The zero-order chi connectivity index (χ0) is 15.3. The monoisotopic (exact) mass is 300 g/mol. The Balaban J connectivity index is 3.00. The van der Waals surface area contributed by atoms with Gasteiger partial charge in [0.1, 0.15) is 0 Å². The molecule has 0 aromatic heterocycles. The Morgan fingerprint density at radius 1 is 1.25 bits per heavy atom. The van der Waals surface area contributed by atoms with E-state index in [1.165, 1.54) is 5.56 Å². The van der Waals surface area contributed by atoms with Crippen LogP contribution in [0.2, 0.25) is 5.02 Å². The normalized spacial score (nSPS) is 16.4. The molecule has 1 aromatic rings. The van der Waals surface area contributed by atoms with Gasteiger partial charge in [0.05, 0.1) is 5.54 Å². The molecule has 0 saturated carbocycles. The highest BCUT2D eigenvalue weighted by Gasteiger charge is 2.40. The van der Waals surface area contributed by atoms with E-state index in [9.17, 15) is 0 Å². The lowest BCUT2D eigenvalue weighted by Crippen LogP contribution is -2.59. The number of nitrogens with two attached hydrogens (primary N) is 1. The van der Waals surface area contributed by atoms with E-state index >= 15 is 0 Å². The van der Waals surface area contributed by atoms with Gasteiger partial charge in [0.25, 0.3) is 0 Å². The van der Waals surface area contributed by atoms with Crippen LogP contribution in [-0.2, 0) is 9.47 Å². The van der Waals surface area contributed by atoms with Gasteiger partial charge in [-0.05, 0) is 38.6 Å². The van der Waals surface area contributed by atoms with Crippen molar-refractivity contribution < 1.29 is 9.47 Å². The molecule has 114 valence electrons. The molecule has 0 saturated heterocycles. The molecule has 0 fully saturated rings. The first kappa shape index (κ1) is 17.4. The fourth-order valence-electron chi connectivity index (χ4n) is 2.42. The average Bonchev–Trinajstić information content (AvgIpc) is 2.47.